The lowest BCUT2D eigenvalue weighted by Gasteiger charge is -2.19. The third-order valence-corrected chi connectivity index (χ3v) is 4.58. The summed E-state index contributed by atoms with van der Waals surface area (Å²) in [6, 6.07) is 9.13. The van der Waals surface area contributed by atoms with Crippen molar-refractivity contribution in [3.05, 3.63) is 47.2 Å². The number of halogens is 1. The molecule has 6 nitrogen and oxygen atoms in total. The van der Waals surface area contributed by atoms with E-state index >= 15 is 0 Å². The second-order valence-corrected chi connectivity index (χ2v) is 7.04. The minimum atomic E-state index is -0.300. The Labute approximate surface area is 157 Å². The number of benzene rings is 1. The van der Waals surface area contributed by atoms with Gasteiger partial charge in [-0.25, -0.2) is 0 Å². The van der Waals surface area contributed by atoms with Crippen LogP contribution in [0.1, 0.15) is 36.7 Å². The SMILES string of the molecule is CC(CC(=O)Nc1cccc(N2CCCC2)c1)NC(=O)c1cc(Cl)c[nH]1. The van der Waals surface area contributed by atoms with Crippen molar-refractivity contribution in [2.24, 2.45) is 0 Å². The number of hydrogen-bond acceptors (Lipinski definition) is 3. The normalized spacial score (nSPS) is 14.9. The Morgan fingerprint density at radius 3 is 2.73 bits per heavy atom. The highest BCUT2D eigenvalue weighted by Gasteiger charge is 2.16. The Morgan fingerprint density at radius 2 is 2.04 bits per heavy atom. The first kappa shape index (κ1) is 18.3. The third kappa shape index (κ3) is 4.79. The van der Waals surface area contributed by atoms with Gasteiger partial charge in [0.25, 0.3) is 5.91 Å². The Balaban J connectivity index is 1.51. The number of carbonyl (C=O) groups is 2. The predicted octanol–water partition coefficient (Wildman–Crippen LogP) is 3.42. The van der Waals surface area contributed by atoms with E-state index in [0.29, 0.717) is 10.7 Å². The summed E-state index contributed by atoms with van der Waals surface area (Å²) in [5, 5.41) is 6.16. The van der Waals surface area contributed by atoms with Crippen LogP contribution >= 0.6 is 11.6 Å². The maximum Gasteiger partial charge on any atom is 0.267 e. The summed E-state index contributed by atoms with van der Waals surface area (Å²) in [6.07, 6.45) is 4.15. The Bertz CT molecular complexity index is 783. The average Bonchev–Trinajstić information content (AvgIpc) is 3.26. The third-order valence-electron chi connectivity index (χ3n) is 4.36. The first-order valence-electron chi connectivity index (χ1n) is 8.81. The molecule has 2 amide bonds. The summed E-state index contributed by atoms with van der Waals surface area (Å²) in [4.78, 5) is 29.4. The molecule has 1 atom stereocenters. The molecule has 1 aromatic heterocycles. The van der Waals surface area contributed by atoms with Crippen molar-refractivity contribution in [1.29, 1.82) is 0 Å². The maximum absolute atomic E-state index is 12.3. The zero-order valence-corrected chi connectivity index (χ0v) is 15.5. The van der Waals surface area contributed by atoms with E-state index < -0.39 is 0 Å². The summed E-state index contributed by atoms with van der Waals surface area (Å²) in [6.45, 7) is 3.91. The lowest BCUT2D eigenvalue weighted by Crippen LogP contribution is -2.35. The Hall–Kier alpha value is -2.47. The van der Waals surface area contributed by atoms with Gasteiger partial charge in [0.1, 0.15) is 5.69 Å². The second kappa shape index (κ2) is 8.27. The topological polar surface area (TPSA) is 77.2 Å². The molecule has 0 spiro atoms. The van der Waals surface area contributed by atoms with Gasteiger partial charge in [-0.2, -0.15) is 0 Å². The highest BCUT2D eigenvalue weighted by atomic mass is 35.5. The number of anilines is 2. The van der Waals surface area contributed by atoms with Gasteiger partial charge in [0, 0.05) is 43.1 Å². The van der Waals surface area contributed by atoms with Crippen molar-refractivity contribution in [3.8, 4) is 0 Å². The van der Waals surface area contributed by atoms with Crippen molar-refractivity contribution in [2.45, 2.75) is 32.2 Å². The largest absolute Gasteiger partial charge is 0.371 e. The van der Waals surface area contributed by atoms with E-state index in [2.05, 4.69) is 26.6 Å². The monoisotopic (exact) mass is 374 g/mol. The van der Waals surface area contributed by atoms with Crippen LogP contribution in [0, 0.1) is 0 Å². The number of hydrogen-bond donors (Lipinski definition) is 3. The molecule has 138 valence electrons. The fourth-order valence-corrected chi connectivity index (χ4v) is 3.26. The zero-order chi connectivity index (χ0) is 18.5. The van der Waals surface area contributed by atoms with Crippen molar-refractivity contribution in [2.75, 3.05) is 23.3 Å². The van der Waals surface area contributed by atoms with Crippen LogP contribution in [-0.4, -0.2) is 35.9 Å². The van der Waals surface area contributed by atoms with Crippen LogP contribution < -0.4 is 15.5 Å². The van der Waals surface area contributed by atoms with Crippen LogP contribution in [0.2, 0.25) is 5.02 Å². The van der Waals surface area contributed by atoms with E-state index in [1.165, 1.54) is 12.8 Å². The number of amides is 2. The number of aromatic amines is 1. The van der Waals surface area contributed by atoms with Crippen LogP contribution in [-0.2, 0) is 4.79 Å². The molecule has 1 aliphatic rings. The zero-order valence-electron chi connectivity index (χ0n) is 14.7. The molecule has 7 heteroatoms. The number of nitrogens with one attached hydrogen (secondary N) is 3. The minimum absolute atomic E-state index is 0.138. The van der Waals surface area contributed by atoms with Gasteiger partial charge in [-0.3, -0.25) is 9.59 Å². The van der Waals surface area contributed by atoms with Gasteiger partial charge in [0.2, 0.25) is 5.91 Å². The summed E-state index contributed by atoms with van der Waals surface area (Å²) in [7, 11) is 0. The quantitative estimate of drug-likeness (QED) is 0.725. The molecule has 1 unspecified atom stereocenters. The molecule has 2 aromatic rings. The van der Waals surface area contributed by atoms with Crippen molar-refractivity contribution in [1.82, 2.24) is 10.3 Å². The predicted molar refractivity (Wildman–Crippen MR) is 104 cm³/mol. The molecule has 0 radical (unpaired) electrons. The van der Waals surface area contributed by atoms with Crippen molar-refractivity contribution >= 4 is 34.8 Å². The van der Waals surface area contributed by atoms with Gasteiger partial charge in [0.05, 0.1) is 5.02 Å². The highest BCUT2D eigenvalue weighted by molar-refractivity contribution is 6.30. The number of H-pyrrole nitrogens is 1. The van der Waals surface area contributed by atoms with Crippen LogP contribution in [0.5, 0.6) is 0 Å². The number of rotatable bonds is 6. The molecule has 0 aliphatic carbocycles. The summed E-state index contributed by atoms with van der Waals surface area (Å²) >= 11 is 5.80. The van der Waals surface area contributed by atoms with Crippen LogP contribution in [0.4, 0.5) is 11.4 Å². The van der Waals surface area contributed by atoms with Gasteiger partial charge in [-0.1, -0.05) is 17.7 Å². The fraction of sp³-hybridized carbons (Fsp3) is 0.368. The molecular weight excluding hydrogens is 352 g/mol. The molecule has 26 heavy (non-hydrogen) atoms. The average molecular weight is 375 g/mol. The van der Waals surface area contributed by atoms with Gasteiger partial charge >= 0.3 is 0 Å². The van der Waals surface area contributed by atoms with Gasteiger partial charge in [-0.15, -0.1) is 0 Å². The van der Waals surface area contributed by atoms with E-state index in [0.717, 1.165) is 24.5 Å². The number of aromatic nitrogens is 1. The van der Waals surface area contributed by atoms with Crippen LogP contribution in [0.25, 0.3) is 0 Å². The number of nitrogens with zero attached hydrogens (tertiary/aromatic N) is 1. The van der Waals surface area contributed by atoms with E-state index in [-0.39, 0.29) is 24.3 Å². The first-order chi connectivity index (χ1) is 12.5. The first-order valence-corrected chi connectivity index (χ1v) is 9.19. The molecule has 0 bridgehead atoms. The van der Waals surface area contributed by atoms with Crippen molar-refractivity contribution in [3.63, 3.8) is 0 Å². The lowest BCUT2D eigenvalue weighted by molar-refractivity contribution is -0.116. The maximum atomic E-state index is 12.3. The van der Waals surface area contributed by atoms with Gasteiger partial charge in [-0.05, 0) is 44.0 Å². The Kier molecular flexibility index (Phi) is 5.83. The summed E-state index contributed by atoms with van der Waals surface area (Å²) in [5.41, 5.74) is 2.28. The van der Waals surface area contributed by atoms with Gasteiger partial charge in [0.15, 0.2) is 0 Å². The smallest absolute Gasteiger partial charge is 0.267 e. The van der Waals surface area contributed by atoms with Crippen LogP contribution in [0.15, 0.2) is 36.5 Å². The van der Waals surface area contributed by atoms with E-state index in [4.69, 9.17) is 11.6 Å². The molecule has 2 heterocycles. The van der Waals surface area contributed by atoms with Crippen LogP contribution in [0.3, 0.4) is 0 Å². The minimum Gasteiger partial charge on any atom is -0.371 e. The summed E-state index contributed by atoms with van der Waals surface area (Å²) in [5.74, 6) is -0.422. The van der Waals surface area contributed by atoms with E-state index in [1.54, 1.807) is 19.2 Å². The van der Waals surface area contributed by atoms with Crippen molar-refractivity contribution < 1.29 is 9.59 Å². The standard InChI is InChI=1S/C19H23ClN4O2/c1-13(22-19(26)17-10-14(20)12-21-17)9-18(25)23-15-5-4-6-16(11-15)24-7-2-3-8-24/h4-6,10-13,21H,2-3,7-9H2,1H3,(H,22,26)(H,23,25). The molecule has 3 N–H and O–H groups in total. The molecule has 1 fully saturated rings. The molecule has 1 aliphatic heterocycles. The Morgan fingerprint density at radius 1 is 1.27 bits per heavy atom. The number of carbonyl (C=O) groups excluding carboxylic acids is 2. The fourth-order valence-electron chi connectivity index (χ4n) is 3.10. The van der Waals surface area contributed by atoms with Gasteiger partial charge < -0.3 is 20.5 Å². The highest BCUT2D eigenvalue weighted by Crippen LogP contribution is 2.23. The summed E-state index contributed by atoms with van der Waals surface area (Å²) < 4.78 is 0. The second-order valence-electron chi connectivity index (χ2n) is 6.60. The van der Waals surface area contributed by atoms with E-state index in [1.807, 2.05) is 18.2 Å². The lowest BCUT2D eigenvalue weighted by atomic mass is 10.2. The van der Waals surface area contributed by atoms with E-state index in [9.17, 15) is 9.59 Å². The molecule has 1 saturated heterocycles. The molecule has 0 saturated carbocycles. The molecule has 3 rings (SSSR count). The molecule has 1 aromatic carbocycles. The molecular formula is C19H23ClN4O2.